The Labute approximate surface area is 117 Å². The predicted octanol–water partition coefficient (Wildman–Crippen LogP) is 2.03. The highest BCUT2D eigenvalue weighted by molar-refractivity contribution is 7.89. The summed E-state index contributed by atoms with van der Waals surface area (Å²) in [7, 11) is -4.31. The van der Waals surface area contributed by atoms with Crippen LogP contribution in [0.2, 0.25) is 0 Å². The van der Waals surface area contributed by atoms with Gasteiger partial charge in [-0.2, -0.15) is 17.5 Å². The molecule has 0 aliphatic heterocycles. The molecule has 0 spiro atoms. The first-order chi connectivity index (χ1) is 9.09. The van der Waals surface area contributed by atoms with E-state index in [2.05, 4.69) is 6.58 Å². The molecule has 0 fully saturated rings. The lowest BCUT2D eigenvalue weighted by Gasteiger charge is -2.17. The molecule has 112 valence electrons. The molecule has 0 amide bonds. The molecule has 1 aromatic heterocycles. The summed E-state index contributed by atoms with van der Waals surface area (Å²) in [6, 6.07) is 0.484. The van der Waals surface area contributed by atoms with Crippen LogP contribution >= 0.6 is 11.3 Å². The Morgan fingerprint density at radius 1 is 1.50 bits per heavy atom. The third kappa shape index (κ3) is 3.81. The van der Waals surface area contributed by atoms with Gasteiger partial charge in [0.25, 0.3) is 0 Å². The van der Waals surface area contributed by atoms with E-state index in [0.717, 1.165) is 11.5 Å². The third-order valence-corrected chi connectivity index (χ3v) is 5.05. The first-order valence-corrected chi connectivity index (χ1v) is 7.39. The van der Waals surface area contributed by atoms with E-state index in [0.29, 0.717) is 10.4 Å². The van der Waals surface area contributed by atoms with Crippen molar-refractivity contribution in [2.75, 3.05) is 13.1 Å². The number of aliphatic carboxylic acids is 1. The Morgan fingerprint density at radius 2 is 2.10 bits per heavy atom. The summed E-state index contributed by atoms with van der Waals surface area (Å²) in [6.07, 6.45) is -3.49. The minimum atomic E-state index is -4.64. The predicted molar refractivity (Wildman–Crippen MR) is 65.9 cm³/mol. The third-order valence-electron chi connectivity index (χ3n) is 2.14. The van der Waals surface area contributed by atoms with E-state index in [1.54, 1.807) is 0 Å². The lowest BCUT2D eigenvalue weighted by atomic mass is 10.5. The molecule has 0 radical (unpaired) electrons. The molecule has 1 N–H and O–H groups in total. The van der Waals surface area contributed by atoms with E-state index in [-0.39, 0.29) is 17.9 Å². The van der Waals surface area contributed by atoms with E-state index in [9.17, 15) is 26.4 Å². The number of rotatable bonds is 6. The van der Waals surface area contributed by atoms with Crippen molar-refractivity contribution in [2.45, 2.75) is 11.1 Å². The first kappa shape index (κ1) is 16.7. The summed E-state index contributed by atoms with van der Waals surface area (Å²) in [6.45, 7) is 2.11. The van der Waals surface area contributed by atoms with E-state index in [4.69, 9.17) is 5.11 Å². The topological polar surface area (TPSA) is 74.7 Å². The second kappa shape index (κ2) is 5.94. The van der Waals surface area contributed by atoms with Crippen molar-refractivity contribution in [2.24, 2.45) is 0 Å². The zero-order valence-electron chi connectivity index (χ0n) is 9.92. The smallest absolute Gasteiger partial charge is 0.425 e. The van der Waals surface area contributed by atoms with Gasteiger partial charge < -0.3 is 5.11 Å². The van der Waals surface area contributed by atoms with E-state index in [1.165, 1.54) is 0 Å². The molecule has 0 aliphatic carbocycles. The average Bonchev–Trinajstić information content (AvgIpc) is 2.77. The molecule has 20 heavy (non-hydrogen) atoms. The van der Waals surface area contributed by atoms with Crippen molar-refractivity contribution < 1.29 is 31.5 Å². The summed E-state index contributed by atoms with van der Waals surface area (Å²) >= 11 is 0.234. The van der Waals surface area contributed by atoms with E-state index in [1.807, 2.05) is 0 Å². The van der Waals surface area contributed by atoms with Gasteiger partial charge in [-0.1, -0.05) is 6.08 Å². The van der Waals surface area contributed by atoms with Gasteiger partial charge in [0.15, 0.2) is 0 Å². The van der Waals surface area contributed by atoms with E-state index >= 15 is 0 Å². The second-order valence-electron chi connectivity index (χ2n) is 3.62. The fraction of sp³-hybridized carbons (Fsp3) is 0.300. The van der Waals surface area contributed by atoms with Crippen LogP contribution in [0.1, 0.15) is 4.88 Å². The number of carbonyl (C=O) groups is 1. The number of hydrogen-bond acceptors (Lipinski definition) is 4. The van der Waals surface area contributed by atoms with Crippen molar-refractivity contribution in [3.05, 3.63) is 29.0 Å². The molecule has 0 saturated heterocycles. The van der Waals surface area contributed by atoms with Gasteiger partial charge in [0.2, 0.25) is 10.0 Å². The Balaban J connectivity index is 3.16. The second-order valence-corrected chi connectivity index (χ2v) is 6.47. The molecule has 1 rings (SSSR count). The van der Waals surface area contributed by atoms with Gasteiger partial charge in [-0.25, -0.2) is 8.42 Å². The highest BCUT2D eigenvalue weighted by atomic mass is 32.2. The summed E-state index contributed by atoms with van der Waals surface area (Å²) in [5.74, 6) is -1.42. The van der Waals surface area contributed by atoms with Gasteiger partial charge in [0, 0.05) is 11.9 Å². The number of halogens is 3. The van der Waals surface area contributed by atoms with Crippen molar-refractivity contribution in [1.29, 1.82) is 0 Å². The summed E-state index contributed by atoms with van der Waals surface area (Å²) in [5.41, 5.74) is 0. The zero-order chi connectivity index (χ0) is 15.6. The molecular formula is C10H10F3NO4S2. The number of nitrogens with zero attached hydrogens (tertiary/aromatic N) is 1. The molecular weight excluding hydrogens is 319 g/mol. The summed E-state index contributed by atoms with van der Waals surface area (Å²) in [4.78, 5) is 8.96. The standard InChI is InChI=1S/C10H10F3NO4S2/c1-2-3-14(5-9(15)16)20(17,18)7-4-8(19-6-7)10(11,12)13/h2,4,6H,1,3,5H2,(H,15,16). The Hall–Kier alpha value is -1.39. The number of carboxylic acid groups (broad SMARTS) is 1. The molecule has 10 heteroatoms. The summed E-state index contributed by atoms with van der Waals surface area (Å²) < 4.78 is 62.0. The fourth-order valence-corrected chi connectivity index (χ4v) is 3.79. The molecule has 0 saturated carbocycles. The maximum atomic E-state index is 12.4. The minimum absolute atomic E-state index is 0.234. The normalized spacial score (nSPS) is 12.6. The molecule has 0 atom stereocenters. The highest BCUT2D eigenvalue weighted by Gasteiger charge is 2.35. The van der Waals surface area contributed by atoms with Crippen molar-refractivity contribution >= 4 is 27.3 Å². The molecule has 1 heterocycles. The van der Waals surface area contributed by atoms with E-state index < -0.39 is 38.5 Å². The monoisotopic (exact) mass is 329 g/mol. The largest absolute Gasteiger partial charge is 0.480 e. The summed E-state index contributed by atoms with van der Waals surface area (Å²) in [5, 5.41) is 9.47. The van der Waals surface area contributed by atoms with Gasteiger partial charge in [-0.15, -0.1) is 17.9 Å². The number of sulfonamides is 1. The molecule has 0 aliphatic rings. The maximum Gasteiger partial charge on any atom is 0.425 e. The van der Waals surface area contributed by atoms with Crippen LogP contribution in [-0.2, 0) is 21.0 Å². The Morgan fingerprint density at radius 3 is 2.50 bits per heavy atom. The van der Waals surface area contributed by atoms with Crippen molar-refractivity contribution in [3.63, 3.8) is 0 Å². The average molecular weight is 329 g/mol. The molecule has 1 aromatic rings. The number of thiophene rings is 1. The lowest BCUT2D eigenvalue weighted by molar-refractivity contribution is -0.137. The van der Waals surface area contributed by atoms with Crippen LogP contribution in [0.3, 0.4) is 0 Å². The Bertz CT molecular complexity index is 606. The minimum Gasteiger partial charge on any atom is -0.480 e. The van der Waals surface area contributed by atoms with Gasteiger partial charge in [-0.3, -0.25) is 4.79 Å². The molecule has 0 bridgehead atoms. The van der Waals surface area contributed by atoms with Crippen molar-refractivity contribution in [1.82, 2.24) is 4.31 Å². The quantitative estimate of drug-likeness (QED) is 0.810. The highest BCUT2D eigenvalue weighted by Crippen LogP contribution is 2.35. The van der Waals surface area contributed by atoms with Crippen LogP contribution in [0, 0.1) is 0 Å². The van der Waals surface area contributed by atoms with Gasteiger partial charge >= 0.3 is 12.1 Å². The lowest BCUT2D eigenvalue weighted by Crippen LogP contribution is -2.35. The fourth-order valence-electron chi connectivity index (χ4n) is 1.29. The SMILES string of the molecule is C=CCN(CC(=O)O)S(=O)(=O)c1csc(C(F)(F)F)c1. The van der Waals surface area contributed by atoms with Crippen LogP contribution < -0.4 is 0 Å². The number of alkyl halides is 3. The van der Waals surface area contributed by atoms with Crippen molar-refractivity contribution in [3.8, 4) is 0 Å². The van der Waals surface area contributed by atoms with Gasteiger partial charge in [-0.05, 0) is 6.07 Å². The van der Waals surface area contributed by atoms with Crippen LogP contribution in [-0.4, -0.2) is 36.9 Å². The zero-order valence-corrected chi connectivity index (χ0v) is 11.6. The van der Waals surface area contributed by atoms with Crippen LogP contribution in [0.25, 0.3) is 0 Å². The number of carboxylic acids is 1. The maximum absolute atomic E-state index is 12.4. The van der Waals surface area contributed by atoms with Gasteiger partial charge in [0.05, 0.1) is 4.90 Å². The molecule has 0 unspecified atom stereocenters. The number of hydrogen-bond donors (Lipinski definition) is 1. The van der Waals surface area contributed by atoms with Crippen LogP contribution in [0.15, 0.2) is 29.0 Å². The van der Waals surface area contributed by atoms with Crippen LogP contribution in [0.5, 0.6) is 0 Å². The molecule has 0 aromatic carbocycles. The van der Waals surface area contributed by atoms with Gasteiger partial charge in [0.1, 0.15) is 11.4 Å². The first-order valence-electron chi connectivity index (χ1n) is 5.07. The Kier molecular flexibility index (Phi) is 4.95. The van der Waals surface area contributed by atoms with Crippen LogP contribution in [0.4, 0.5) is 13.2 Å². The molecule has 5 nitrogen and oxygen atoms in total.